The molecule has 2 aromatic carbocycles. The number of nitrogens with two attached hydrogens (primary N) is 4. The summed E-state index contributed by atoms with van der Waals surface area (Å²) in [6, 6.07) is 19.4. The predicted octanol–water partition coefficient (Wildman–Crippen LogP) is 1.33. The molecule has 0 spiro atoms. The number of carbonyl (C=O) groups excluding carboxylic acids is 2. The number of benzene rings is 2. The molecule has 21 heavy (non-hydrogen) atoms. The topological polar surface area (TPSA) is 138 Å². The Bertz CT molecular complexity index is 472. The van der Waals surface area contributed by atoms with Gasteiger partial charge in [0.25, 0.3) is 0 Å². The van der Waals surface area contributed by atoms with Gasteiger partial charge in [0, 0.05) is 0 Å². The lowest BCUT2D eigenvalue weighted by molar-refractivity contribution is 0.255. The van der Waals surface area contributed by atoms with Crippen LogP contribution in [0, 0.1) is 0 Å². The van der Waals surface area contributed by atoms with E-state index in [-0.39, 0.29) is 0 Å². The lowest BCUT2D eigenvalue weighted by Crippen LogP contribution is -2.18. The van der Waals surface area contributed by atoms with E-state index in [1.165, 1.54) is 11.1 Å². The highest BCUT2D eigenvalue weighted by Gasteiger charge is 1.92. The first-order valence-corrected chi connectivity index (χ1v) is 6.09. The molecule has 0 bridgehead atoms. The maximum Gasteiger partial charge on any atom is 0.309 e. The van der Waals surface area contributed by atoms with Crippen LogP contribution >= 0.6 is 0 Å². The molecule has 6 heteroatoms. The third-order valence-corrected chi connectivity index (χ3v) is 2.09. The molecule has 4 amide bonds. The van der Waals surface area contributed by atoms with E-state index in [2.05, 4.69) is 83.6 Å². The second-order valence-electron chi connectivity index (χ2n) is 3.95. The molecule has 6 nitrogen and oxygen atoms in total. The van der Waals surface area contributed by atoms with E-state index in [1.807, 2.05) is 0 Å². The summed E-state index contributed by atoms with van der Waals surface area (Å²) in [5.74, 6) is 0. The highest BCUT2D eigenvalue weighted by molar-refractivity contribution is 5.69. The molecule has 0 radical (unpaired) electrons. The number of amides is 4. The highest BCUT2D eigenvalue weighted by Crippen LogP contribution is 2.07. The molecular weight excluding hydrogens is 268 g/mol. The number of carbonyl (C=O) groups is 2. The SMILES string of the molecule is NC(N)=O.NC(N)=O.c1ccc(Cc2ccccc2)cc1. The van der Waals surface area contributed by atoms with Crippen molar-refractivity contribution in [3.8, 4) is 0 Å². The van der Waals surface area contributed by atoms with Crippen LogP contribution in [0.5, 0.6) is 0 Å². The zero-order valence-corrected chi connectivity index (χ0v) is 11.6. The van der Waals surface area contributed by atoms with Gasteiger partial charge in [-0.15, -0.1) is 0 Å². The van der Waals surface area contributed by atoms with Crippen LogP contribution in [0.4, 0.5) is 9.59 Å². The Morgan fingerprint density at radius 1 is 0.619 bits per heavy atom. The van der Waals surface area contributed by atoms with Crippen molar-refractivity contribution in [1.29, 1.82) is 0 Å². The van der Waals surface area contributed by atoms with Crippen LogP contribution < -0.4 is 22.9 Å². The molecule has 0 aliphatic heterocycles. The summed E-state index contributed by atoms with van der Waals surface area (Å²) in [7, 11) is 0. The molecule has 2 aromatic rings. The van der Waals surface area contributed by atoms with Gasteiger partial charge in [0.1, 0.15) is 0 Å². The third kappa shape index (κ3) is 13.2. The molecule has 112 valence electrons. The van der Waals surface area contributed by atoms with E-state index in [0.29, 0.717) is 0 Å². The fraction of sp³-hybridized carbons (Fsp3) is 0.0667. The largest absolute Gasteiger partial charge is 0.352 e. The average molecular weight is 288 g/mol. The number of primary amides is 4. The van der Waals surface area contributed by atoms with Gasteiger partial charge >= 0.3 is 12.1 Å². The van der Waals surface area contributed by atoms with Crippen molar-refractivity contribution in [2.45, 2.75) is 6.42 Å². The van der Waals surface area contributed by atoms with Crippen molar-refractivity contribution < 1.29 is 9.59 Å². The Kier molecular flexibility index (Phi) is 9.30. The van der Waals surface area contributed by atoms with E-state index in [4.69, 9.17) is 9.59 Å². The first kappa shape index (κ1) is 18.0. The van der Waals surface area contributed by atoms with Crippen molar-refractivity contribution in [2.24, 2.45) is 22.9 Å². The Labute approximate surface area is 123 Å². The molecule has 0 heterocycles. The van der Waals surface area contributed by atoms with Gasteiger partial charge in [-0.2, -0.15) is 0 Å². The van der Waals surface area contributed by atoms with Crippen molar-refractivity contribution in [3.05, 3.63) is 71.8 Å². The van der Waals surface area contributed by atoms with Crippen molar-refractivity contribution in [3.63, 3.8) is 0 Å². The van der Waals surface area contributed by atoms with Gasteiger partial charge in [0.05, 0.1) is 0 Å². The summed E-state index contributed by atoms with van der Waals surface area (Å²) in [4.78, 5) is 18.0. The number of rotatable bonds is 2. The molecule has 0 atom stereocenters. The fourth-order valence-corrected chi connectivity index (χ4v) is 1.43. The van der Waals surface area contributed by atoms with Crippen molar-refractivity contribution >= 4 is 12.1 Å². The van der Waals surface area contributed by atoms with Gasteiger partial charge < -0.3 is 22.9 Å². The number of hydrogen-bond donors (Lipinski definition) is 4. The zero-order valence-electron chi connectivity index (χ0n) is 11.6. The quantitative estimate of drug-likeness (QED) is 0.662. The lowest BCUT2D eigenvalue weighted by Gasteiger charge is -2.00. The number of hydrogen-bond acceptors (Lipinski definition) is 2. The van der Waals surface area contributed by atoms with Gasteiger partial charge in [-0.05, 0) is 17.5 Å². The molecular formula is C15H20N4O2. The molecule has 0 aliphatic rings. The Hall–Kier alpha value is -3.02. The molecule has 8 N–H and O–H groups in total. The van der Waals surface area contributed by atoms with Gasteiger partial charge in [-0.1, -0.05) is 60.7 Å². The van der Waals surface area contributed by atoms with Gasteiger partial charge in [0.15, 0.2) is 0 Å². The monoisotopic (exact) mass is 288 g/mol. The minimum Gasteiger partial charge on any atom is -0.352 e. The summed E-state index contributed by atoms with van der Waals surface area (Å²) in [6.45, 7) is 0. The second-order valence-corrected chi connectivity index (χ2v) is 3.95. The Morgan fingerprint density at radius 2 is 0.857 bits per heavy atom. The van der Waals surface area contributed by atoms with E-state index < -0.39 is 12.1 Å². The molecule has 0 unspecified atom stereocenters. The van der Waals surface area contributed by atoms with E-state index in [0.717, 1.165) is 6.42 Å². The zero-order chi connectivity index (χ0) is 16.1. The Balaban J connectivity index is 0.000000421. The summed E-state index contributed by atoms with van der Waals surface area (Å²) >= 11 is 0. The smallest absolute Gasteiger partial charge is 0.309 e. The molecule has 0 saturated heterocycles. The maximum atomic E-state index is 9.00. The summed E-state index contributed by atoms with van der Waals surface area (Å²) in [5.41, 5.74) is 19.7. The molecule has 0 fully saturated rings. The normalized spacial score (nSPS) is 8.38. The van der Waals surface area contributed by atoms with E-state index in [1.54, 1.807) is 0 Å². The van der Waals surface area contributed by atoms with Crippen LogP contribution in [0.15, 0.2) is 60.7 Å². The first-order valence-electron chi connectivity index (χ1n) is 6.09. The van der Waals surface area contributed by atoms with Crippen LogP contribution in [-0.4, -0.2) is 12.1 Å². The van der Waals surface area contributed by atoms with Crippen molar-refractivity contribution in [1.82, 2.24) is 0 Å². The van der Waals surface area contributed by atoms with Gasteiger partial charge in [0.2, 0.25) is 0 Å². The Morgan fingerprint density at radius 3 is 1.10 bits per heavy atom. The molecule has 0 saturated carbocycles. The lowest BCUT2D eigenvalue weighted by atomic mass is 10.1. The van der Waals surface area contributed by atoms with Gasteiger partial charge in [-0.25, -0.2) is 9.59 Å². The summed E-state index contributed by atoms with van der Waals surface area (Å²) in [6.07, 6.45) is 1.03. The number of urea groups is 2. The molecule has 0 aromatic heterocycles. The molecule has 2 rings (SSSR count). The van der Waals surface area contributed by atoms with E-state index >= 15 is 0 Å². The van der Waals surface area contributed by atoms with Crippen LogP contribution in [0.3, 0.4) is 0 Å². The standard InChI is InChI=1S/C13H12.2CH4N2O/c1-3-7-12(8-4-1)11-13-9-5-2-6-10-13;2*2-1(3)4/h1-10H,11H2;2*(H4,2,3,4). The highest BCUT2D eigenvalue weighted by atomic mass is 16.2. The average Bonchev–Trinajstić information content (AvgIpc) is 2.40. The van der Waals surface area contributed by atoms with Crippen LogP contribution in [-0.2, 0) is 6.42 Å². The predicted molar refractivity (Wildman–Crippen MR) is 83.2 cm³/mol. The summed E-state index contributed by atoms with van der Waals surface area (Å²) < 4.78 is 0. The molecule has 0 aliphatic carbocycles. The second kappa shape index (κ2) is 10.9. The van der Waals surface area contributed by atoms with Crippen LogP contribution in [0.2, 0.25) is 0 Å². The van der Waals surface area contributed by atoms with Gasteiger partial charge in [-0.3, -0.25) is 0 Å². The first-order chi connectivity index (χ1) is 9.91. The van der Waals surface area contributed by atoms with E-state index in [9.17, 15) is 0 Å². The minimum absolute atomic E-state index is 0.833. The minimum atomic E-state index is -0.833. The maximum absolute atomic E-state index is 9.00. The third-order valence-electron chi connectivity index (χ3n) is 2.09. The summed E-state index contributed by atoms with van der Waals surface area (Å²) in [5, 5.41) is 0. The van der Waals surface area contributed by atoms with Crippen LogP contribution in [0.25, 0.3) is 0 Å². The van der Waals surface area contributed by atoms with Crippen molar-refractivity contribution in [2.75, 3.05) is 0 Å². The van der Waals surface area contributed by atoms with Crippen LogP contribution in [0.1, 0.15) is 11.1 Å². The fourth-order valence-electron chi connectivity index (χ4n) is 1.43.